The third-order valence-electron chi connectivity index (χ3n) is 5.13. The first-order valence-corrected chi connectivity index (χ1v) is 8.12. The van der Waals surface area contributed by atoms with E-state index >= 15 is 0 Å². The summed E-state index contributed by atoms with van der Waals surface area (Å²) in [5.74, 6) is 1.66. The van der Waals surface area contributed by atoms with Gasteiger partial charge in [0.2, 0.25) is 0 Å². The first kappa shape index (κ1) is 13.9. The highest BCUT2D eigenvalue weighted by Crippen LogP contribution is 2.34. The maximum Gasteiger partial charge on any atom is -0.0206 e. The first-order valence-electron chi connectivity index (χ1n) is 8.12. The standard InChI is InChI=1S/C18H30/c1-15(17-9-5-3-6-10-17)13-14-16(2)18-11-7-4-8-12-18/h17-18H,1-14H2. The van der Waals surface area contributed by atoms with Crippen LogP contribution in [0.2, 0.25) is 0 Å². The van der Waals surface area contributed by atoms with Crippen molar-refractivity contribution >= 4 is 0 Å². The molecule has 0 heteroatoms. The molecule has 0 amide bonds. The first-order chi connectivity index (χ1) is 8.77. The van der Waals surface area contributed by atoms with Gasteiger partial charge in [-0.2, -0.15) is 0 Å². The van der Waals surface area contributed by atoms with Crippen LogP contribution in [0.4, 0.5) is 0 Å². The number of hydrogen-bond acceptors (Lipinski definition) is 0. The van der Waals surface area contributed by atoms with Gasteiger partial charge in [0.05, 0.1) is 0 Å². The van der Waals surface area contributed by atoms with Crippen LogP contribution in [0.5, 0.6) is 0 Å². The minimum absolute atomic E-state index is 0.831. The van der Waals surface area contributed by atoms with E-state index in [-0.39, 0.29) is 0 Å². The van der Waals surface area contributed by atoms with Gasteiger partial charge in [-0.25, -0.2) is 0 Å². The smallest absolute Gasteiger partial charge is 0.0206 e. The third-order valence-corrected chi connectivity index (χ3v) is 5.13. The lowest BCUT2D eigenvalue weighted by Crippen LogP contribution is -2.11. The van der Waals surface area contributed by atoms with Crippen molar-refractivity contribution in [3.05, 3.63) is 24.3 Å². The van der Waals surface area contributed by atoms with Crippen molar-refractivity contribution in [1.29, 1.82) is 0 Å². The highest BCUT2D eigenvalue weighted by atomic mass is 14.2. The van der Waals surface area contributed by atoms with Crippen LogP contribution < -0.4 is 0 Å². The molecular formula is C18H30. The minimum Gasteiger partial charge on any atom is -0.0996 e. The van der Waals surface area contributed by atoms with E-state index in [4.69, 9.17) is 0 Å². The SMILES string of the molecule is C=C(CCC(=C)C1CCCCC1)C1CCCCC1. The van der Waals surface area contributed by atoms with Gasteiger partial charge < -0.3 is 0 Å². The van der Waals surface area contributed by atoms with Gasteiger partial charge in [0.1, 0.15) is 0 Å². The maximum atomic E-state index is 4.35. The zero-order chi connectivity index (χ0) is 12.8. The van der Waals surface area contributed by atoms with Gasteiger partial charge >= 0.3 is 0 Å². The summed E-state index contributed by atoms with van der Waals surface area (Å²) >= 11 is 0. The van der Waals surface area contributed by atoms with E-state index in [9.17, 15) is 0 Å². The molecule has 0 nitrogen and oxygen atoms in total. The highest BCUT2D eigenvalue weighted by molar-refractivity contribution is 5.08. The van der Waals surface area contributed by atoms with Crippen molar-refractivity contribution in [2.75, 3.05) is 0 Å². The quantitative estimate of drug-likeness (QED) is 0.519. The summed E-state index contributed by atoms with van der Waals surface area (Å²) in [6.07, 6.45) is 16.6. The summed E-state index contributed by atoms with van der Waals surface area (Å²) in [5, 5.41) is 0. The predicted molar refractivity (Wildman–Crippen MR) is 80.7 cm³/mol. The Hall–Kier alpha value is -0.520. The van der Waals surface area contributed by atoms with Gasteiger partial charge in [-0.05, 0) is 50.4 Å². The van der Waals surface area contributed by atoms with Crippen molar-refractivity contribution in [3.8, 4) is 0 Å². The van der Waals surface area contributed by atoms with Crippen molar-refractivity contribution in [3.63, 3.8) is 0 Å². The number of hydrogen-bond donors (Lipinski definition) is 0. The molecule has 0 aromatic heterocycles. The fraction of sp³-hybridized carbons (Fsp3) is 0.778. The van der Waals surface area contributed by atoms with Crippen LogP contribution in [0, 0.1) is 11.8 Å². The fourth-order valence-corrected chi connectivity index (χ4v) is 3.75. The molecular weight excluding hydrogens is 216 g/mol. The average Bonchev–Trinajstić information content (AvgIpc) is 2.46. The molecule has 102 valence electrons. The normalized spacial score (nSPS) is 22.9. The molecule has 2 saturated carbocycles. The van der Waals surface area contributed by atoms with Gasteiger partial charge in [0, 0.05) is 0 Å². The molecule has 0 aromatic carbocycles. The van der Waals surface area contributed by atoms with E-state index < -0.39 is 0 Å². The van der Waals surface area contributed by atoms with E-state index in [0.29, 0.717) is 0 Å². The fourth-order valence-electron chi connectivity index (χ4n) is 3.75. The van der Waals surface area contributed by atoms with Crippen LogP contribution in [-0.2, 0) is 0 Å². The molecule has 0 saturated heterocycles. The molecule has 0 spiro atoms. The Bertz CT molecular complexity index is 244. The van der Waals surface area contributed by atoms with Crippen LogP contribution in [0.1, 0.15) is 77.0 Å². The molecule has 0 unspecified atom stereocenters. The van der Waals surface area contributed by atoms with Gasteiger partial charge in [-0.15, -0.1) is 0 Å². The lowest BCUT2D eigenvalue weighted by Gasteiger charge is -2.26. The number of rotatable bonds is 5. The summed E-state index contributed by atoms with van der Waals surface area (Å²) in [6.45, 7) is 8.71. The van der Waals surface area contributed by atoms with Crippen LogP contribution in [0.3, 0.4) is 0 Å². The second-order valence-electron chi connectivity index (χ2n) is 6.49. The highest BCUT2D eigenvalue weighted by Gasteiger charge is 2.19. The predicted octanol–water partition coefficient (Wildman–Crippen LogP) is 6.04. The van der Waals surface area contributed by atoms with Crippen molar-refractivity contribution in [2.45, 2.75) is 77.0 Å². The molecule has 0 aromatic rings. The summed E-state index contributed by atoms with van der Waals surface area (Å²) in [5.41, 5.74) is 3.04. The van der Waals surface area contributed by atoms with Crippen LogP contribution in [-0.4, -0.2) is 0 Å². The van der Waals surface area contributed by atoms with E-state index in [1.54, 1.807) is 0 Å². The van der Waals surface area contributed by atoms with E-state index in [1.165, 1.54) is 88.2 Å². The Balaban J connectivity index is 1.69. The zero-order valence-electron chi connectivity index (χ0n) is 12.1. The van der Waals surface area contributed by atoms with Gasteiger partial charge in [-0.1, -0.05) is 62.8 Å². The molecule has 0 radical (unpaired) electrons. The Labute approximate surface area is 114 Å². The Morgan fingerprint density at radius 3 is 1.28 bits per heavy atom. The number of allylic oxidation sites excluding steroid dienone is 2. The molecule has 2 rings (SSSR count). The van der Waals surface area contributed by atoms with Gasteiger partial charge in [0.15, 0.2) is 0 Å². The Morgan fingerprint density at radius 1 is 0.611 bits per heavy atom. The summed E-state index contributed by atoms with van der Waals surface area (Å²) in [4.78, 5) is 0. The summed E-state index contributed by atoms with van der Waals surface area (Å²) in [7, 11) is 0. The lowest BCUT2D eigenvalue weighted by molar-refractivity contribution is 0.383. The van der Waals surface area contributed by atoms with Crippen molar-refractivity contribution in [1.82, 2.24) is 0 Å². The van der Waals surface area contributed by atoms with Crippen LogP contribution >= 0.6 is 0 Å². The van der Waals surface area contributed by atoms with E-state index in [0.717, 1.165) is 11.8 Å². The average molecular weight is 246 g/mol. The van der Waals surface area contributed by atoms with Crippen molar-refractivity contribution in [2.24, 2.45) is 11.8 Å². The summed E-state index contributed by atoms with van der Waals surface area (Å²) in [6, 6.07) is 0. The van der Waals surface area contributed by atoms with Crippen molar-refractivity contribution < 1.29 is 0 Å². The molecule has 0 heterocycles. The van der Waals surface area contributed by atoms with E-state index in [2.05, 4.69) is 13.2 Å². The molecule has 0 atom stereocenters. The minimum atomic E-state index is 0.831. The molecule has 2 fully saturated rings. The van der Waals surface area contributed by atoms with Gasteiger partial charge in [0.25, 0.3) is 0 Å². The largest absolute Gasteiger partial charge is 0.0996 e. The second-order valence-corrected chi connectivity index (χ2v) is 6.49. The molecule has 0 aliphatic heterocycles. The summed E-state index contributed by atoms with van der Waals surface area (Å²) < 4.78 is 0. The molecule has 0 N–H and O–H groups in total. The Kier molecular flexibility index (Phi) is 5.53. The monoisotopic (exact) mass is 246 g/mol. The maximum absolute atomic E-state index is 4.35. The topological polar surface area (TPSA) is 0 Å². The molecule has 18 heavy (non-hydrogen) atoms. The van der Waals surface area contributed by atoms with E-state index in [1.807, 2.05) is 0 Å². The molecule has 0 bridgehead atoms. The lowest BCUT2D eigenvalue weighted by atomic mass is 9.79. The Morgan fingerprint density at radius 2 is 0.944 bits per heavy atom. The second kappa shape index (κ2) is 7.16. The third kappa shape index (κ3) is 4.00. The van der Waals surface area contributed by atoms with Gasteiger partial charge in [-0.3, -0.25) is 0 Å². The zero-order valence-corrected chi connectivity index (χ0v) is 12.1. The van der Waals surface area contributed by atoms with Crippen LogP contribution in [0.15, 0.2) is 24.3 Å². The van der Waals surface area contributed by atoms with Crippen LogP contribution in [0.25, 0.3) is 0 Å². The molecule has 2 aliphatic carbocycles. The molecule has 2 aliphatic rings.